The van der Waals surface area contributed by atoms with E-state index >= 15 is 0 Å². The first-order valence-corrected chi connectivity index (χ1v) is 10.1. The summed E-state index contributed by atoms with van der Waals surface area (Å²) in [6, 6.07) is -0.0806. The maximum atomic E-state index is 12.7. The van der Waals surface area contributed by atoms with Crippen LogP contribution in [0.4, 0.5) is 0 Å². The van der Waals surface area contributed by atoms with Gasteiger partial charge >= 0.3 is 0 Å². The lowest BCUT2D eigenvalue weighted by atomic mass is 9.79. The number of likely N-dealkylation sites (tertiary alicyclic amines) is 2. The molecule has 3 rings (SSSR count). The highest BCUT2D eigenvalue weighted by molar-refractivity contribution is 5.81. The minimum atomic E-state index is -0.0806. The van der Waals surface area contributed by atoms with E-state index in [9.17, 15) is 4.79 Å². The van der Waals surface area contributed by atoms with Crippen LogP contribution in [0.1, 0.15) is 51.9 Å². The van der Waals surface area contributed by atoms with Crippen molar-refractivity contribution in [3.63, 3.8) is 0 Å². The van der Waals surface area contributed by atoms with E-state index in [1.807, 2.05) is 6.92 Å². The van der Waals surface area contributed by atoms with Crippen molar-refractivity contribution in [1.29, 1.82) is 0 Å². The normalized spacial score (nSPS) is 27.3. The molecule has 1 atom stereocenters. The molecule has 5 heteroatoms. The fourth-order valence-corrected chi connectivity index (χ4v) is 4.72. The summed E-state index contributed by atoms with van der Waals surface area (Å²) in [7, 11) is 2.23. The molecule has 0 spiro atoms. The topological polar surface area (TPSA) is 38.8 Å². The van der Waals surface area contributed by atoms with Crippen molar-refractivity contribution in [2.45, 2.75) is 57.9 Å². The first-order chi connectivity index (χ1) is 11.6. The monoisotopic (exact) mass is 336 g/mol. The molecule has 3 aliphatic heterocycles. The van der Waals surface area contributed by atoms with Gasteiger partial charge in [0.1, 0.15) is 0 Å². The van der Waals surface area contributed by atoms with Crippen LogP contribution < -0.4 is 5.43 Å². The molecule has 0 aromatic heterocycles. The van der Waals surface area contributed by atoms with E-state index in [2.05, 4.69) is 27.3 Å². The van der Waals surface area contributed by atoms with Crippen molar-refractivity contribution in [3.05, 3.63) is 0 Å². The van der Waals surface area contributed by atoms with Gasteiger partial charge < -0.3 is 9.80 Å². The van der Waals surface area contributed by atoms with E-state index < -0.39 is 0 Å². The highest BCUT2D eigenvalue weighted by Crippen LogP contribution is 2.32. The standard InChI is InChI=1S/C19H36N4O/c1-16(20-23-10-4-3-5-11-23)19(24)22-14-8-18(9-15-22)17-6-12-21(2)13-7-17/h16-18,20H,3-15H2,1-2H3/t16-/m1/s1. The van der Waals surface area contributed by atoms with Crippen molar-refractivity contribution >= 4 is 5.91 Å². The van der Waals surface area contributed by atoms with Gasteiger partial charge in [-0.15, -0.1) is 0 Å². The van der Waals surface area contributed by atoms with Crippen molar-refractivity contribution in [2.75, 3.05) is 46.3 Å². The number of hydrogen-bond acceptors (Lipinski definition) is 4. The Hall–Kier alpha value is -0.650. The molecule has 0 radical (unpaired) electrons. The predicted octanol–water partition coefficient (Wildman–Crippen LogP) is 1.95. The zero-order chi connectivity index (χ0) is 16.9. The van der Waals surface area contributed by atoms with Gasteiger partial charge in [-0.1, -0.05) is 6.42 Å². The van der Waals surface area contributed by atoms with Crippen LogP contribution in [0.5, 0.6) is 0 Å². The maximum Gasteiger partial charge on any atom is 0.240 e. The quantitative estimate of drug-likeness (QED) is 0.852. The third-order valence-electron chi connectivity index (χ3n) is 6.38. The minimum Gasteiger partial charge on any atom is -0.341 e. The number of carbonyl (C=O) groups is 1. The largest absolute Gasteiger partial charge is 0.341 e. The van der Waals surface area contributed by atoms with Crippen LogP contribution in [0.3, 0.4) is 0 Å². The third-order valence-corrected chi connectivity index (χ3v) is 6.38. The van der Waals surface area contributed by atoms with Gasteiger partial charge in [-0.2, -0.15) is 0 Å². The van der Waals surface area contributed by atoms with Gasteiger partial charge in [0.2, 0.25) is 5.91 Å². The second-order valence-corrected chi connectivity index (χ2v) is 8.20. The molecule has 5 nitrogen and oxygen atoms in total. The molecule has 3 fully saturated rings. The SMILES string of the molecule is C[C@@H](NN1CCCCC1)C(=O)N1CCC(C2CCN(C)CC2)CC1. The zero-order valence-corrected chi connectivity index (χ0v) is 15.7. The number of amides is 1. The molecule has 1 amide bonds. The lowest BCUT2D eigenvalue weighted by Gasteiger charge is -2.40. The minimum absolute atomic E-state index is 0.0806. The fraction of sp³-hybridized carbons (Fsp3) is 0.947. The van der Waals surface area contributed by atoms with E-state index in [4.69, 9.17) is 0 Å². The van der Waals surface area contributed by atoms with Crippen molar-refractivity contribution in [2.24, 2.45) is 11.8 Å². The summed E-state index contributed by atoms with van der Waals surface area (Å²) in [6.07, 6.45) is 8.92. The van der Waals surface area contributed by atoms with Gasteiger partial charge in [-0.3, -0.25) is 4.79 Å². The number of carbonyl (C=O) groups excluding carboxylic acids is 1. The number of rotatable bonds is 4. The van der Waals surface area contributed by atoms with Crippen LogP contribution in [-0.4, -0.2) is 73.1 Å². The van der Waals surface area contributed by atoms with Gasteiger partial charge in [-0.05, 0) is 77.4 Å². The van der Waals surface area contributed by atoms with E-state index in [1.54, 1.807) is 0 Å². The Balaban J connectivity index is 1.41. The van der Waals surface area contributed by atoms with Crippen LogP contribution in [0.2, 0.25) is 0 Å². The smallest absolute Gasteiger partial charge is 0.240 e. The summed E-state index contributed by atoms with van der Waals surface area (Å²) < 4.78 is 0. The van der Waals surface area contributed by atoms with Crippen molar-refractivity contribution in [3.8, 4) is 0 Å². The van der Waals surface area contributed by atoms with Gasteiger partial charge in [0.05, 0.1) is 6.04 Å². The summed E-state index contributed by atoms with van der Waals surface area (Å²) in [4.78, 5) is 17.3. The van der Waals surface area contributed by atoms with Crippen LogP contribution in [0.15, 0.2) is 0 Å². The first-order valence-electron chi connectivity index (χ1n) is 10.1. The summed E-state index contributed by atoms with van der Waals surface area (Å²) in [6.45, 7) is 8.61. The molecule has 1 N–H and O–H groups in total. The zero-order valence-electron chi connectivity index (χ0n) is 15.7. The van der Waals surface area contributed by atoms with Crippen LogP contribution in [-0.2, 0) is 4.79 Å². The van der Waals surface area contributed by atoms with E-state index in [1.165, 1.54) is 58.0 Å². The molecule has 0 saturated carbocycles. The molecular weight excluding hydrogens is 300 g/mol. The van der Waals surface area contributed by atoms with E-state index in [0.29, 0.717) is 5.91 Å². The third kappa shape index (κ3) is 4.70. The Morgan fingerprint density at radius 2 is 1.42 bits per heavy atom. The number of hydrazine groups is 1. The molecule has 3 aliphatic rings. The van der Waals surface area contributed by atoms with Gasteiger partial charge in [-0.25, -0.2) is 10.4 Å². The second kappa shape index (κ2) is 8.63. The second-order valence-electron chi connectivity index (χ2n) is 8.20. The lowest BCUT2D eigenvalue weighted by molar-refractivity contribution is -0.136. The Kier molecular flexibility index (Phi) is 6.53. The molecule has 3 heterocycles. The average Bonchev–Trinajstić information content (AvgIpc) is 2.63. The Morgan fingerprint density at radius 1 is 0.875 bits per heavy atom. The van der Waals surface area contributed by atoms with Crippen LogP contribution in [0.25, 0.3) is 0 Å². The van der Waals surface area contributed by atoms with Crippen molar-refractivity contribution < 1.29 is 4.79 Å². The molecule has 24 heavy (non-hydrogen) atoms. The Labute approximate surface area is 147 Å². The predicted molar refractivity (Wildman–Crippen MR) is 97.5 cm³/mol. The van der Waals surface area contributed by atoms with Crippen molar-refractivity contribution in [1.82, 2.24) is 20.2 Å². The van der Waals surface area contributed by atoms with E-state index in [0.717, 1.165) is 38.0 Å². The maximum absolute atomic E-state index is 12.7. The summed E-state index contributed by atoms with van der Waals surface area (Å²) in [5.74, 6) is 2.03. The Bertz CT molecular complexity index is 394. The summed E-state index contributed by atoms with van der Waals surface area (Å²) in [5.41, 5.74) is 3.43. The molecule has 0 unspecified atom stereocenters. The molecule has 0 bridgehead atoms. The number of nitrogens with zero attached hydrogens (tertiary/aromatic N) is 3. The number of nitrogens with one attached hydrogen (secondary N) is 1. The molecule has 0 aromatic rings. The average molecular weight is 337 g/mol. The van der Waals surface area contributed by atoms with E-state index in [-0.39, 0.29) is 6.04 Å². The van der Waals surface area contributed by atoms with Gasteiger partial charge in [0, 0.05) is 26.2 Å². The molecule has 0 aliphatic carbocycles. The molecular formula is C19H36N4O. The van der Waals surface area contributed by atoms with Gasteiger partial charge in [0.25, 0.3) is 0 Å². The summed E-state index contributed by atoms with van der Waals surface area (Å²) in [5, 5.41) is 2.25. The Morgan fingerprint density at radius 3 is 2.00 bits per heavy atom. The highest BCUT2D eigenvalue weighted by Gasteiger charge is 2.31. The van der Waals surface area contributed by atoms with Crippen LogP contribution >= 0.6 is 0 Å². The molecule has 3 saturated heterocycles. The highest BCUT2D eigenvalue weighted by atomic mass is 16.2. The molecule has 138 valence electrons. The number of piperidine rings is 3. The van der Waals surface area contributed by atoms with Crippen LogP contribution in [0, 0.1) is 11.8 Å². The lowest BCUT2D eigenvalue weighted by Crippen LogP contribution is -2.54. The first kappa shape index (κ1) is 18.2. The molecule has 0 aromatic carbocycles. The number of hydrogen-bond donors (Lipinski definition) is 1. The fourth-order valence-electron chi connectivity index (χ4n) is 4.72. The summed E-state index contributed by atoms with van der Waals surface area (Å²) >= 11 is 0. The van der Waals surface area contributed by atoms with Gasteiger partial charge in [0.15, 0.2) is 0 Å².